The monoisotopic (exact) mass is 350 g/mol. The minimum atomic E-state index is 0.114. The predicted octanol–water partition coefficient (Wildman–Crippen LogP) is 5.43. The van der Waals surface area contributed by atoms with E-state index < -0.39 is 0 Å². The van der Waals surface area contributed by atoms with E-state index >= 15 is 0 Å². The van der Waals surface area contributed by atoms with E-state index in [9.17, 15) is 0 Å². The van der Waals surface area contributed by atoms with Crippen LogP contribution in [0.1, 0.15) is 24.2 Å². The summed E-state index contributed by atoms with van der Waals surface area (Å²) in [6.07, 6.45) is 1.61. The van der Waals surface area contributed by atoms with Gasteiger partial charge >= 0.3 is 0 Å². The van der Waals surface area contributed by atoms with E-state index in [0.29, 0.717) is 28.1 Å². The molecule has 0 spiro atoms. The molecule has 1 aromatic carbocycles. The minimum Gasteiger partial charge on any atom is -0.461 e. The second kappa shape index (κ2) is 6.79. The van der Waals surface area contributed by atoms with Crippen molar-refractivity contribution in [3.05, 3.63) is 64.0 Å². The van der Waals surface area contributed by atoms with Gasteiger partial charge in [-0.3, -0.25) is 4.90 Å². The molecular formula is C17H16Cl2N2O2. The zero-order valence-electron chi connectivity index (χ0n) is 12.8. The van der Waals surface area contributed by atoms with Crippen LogP contribution in [0.5, 0.6) is 0 Å². The molecule has 1 atom stereocenters. The maximum atomic E-state index is 6.29. The van der Waals surface area contributed by atoms with Crippen molar-refractivity contribution in [1.29, 1.82) is 0 Å². The van der Waals surface area contributed by atoms with Gasteiger partial charge in [-0.25, -0.2) is 0 Å². The van der Waals surface area contributed by atoms with E-state index in [1.54, 1.807) is 12.3 Å². The first-order chi connectivity index (χ1) is 11.0. The Hall–Kier alpha value is -1.75. The molecule has 0 amide bonds. The molecule has 0 aliphatic heterocycles. The van der Waals surface area contributed by atoms with Crippen LogP contribution in [0.2, 0.25) is 10.0 Å². The molecule has 2 heterocycles. The highest BCUT2D eigenvalue weighted by atomic mass is 35.5. The largest absolute Gasteiger partial charge is 0.461 e. The Morgan fingerprint density at radius 1 is 1.17 bits per heavy atom. The zero-order chi connectivity index (χ0) is 16.4. The quantitative estimate of drug-likeness (QED) is 0.614. The van der Waals surface area contributed by atoms with Gasteiger partial charge in [0.15, 0.2) is 5.76 Å². The van der Waals surface area contributed by atoms with Gasteiger partial charge < -0.3 is 8.94 Å². The minimum absolute atomic E-state index is 0.114. The van der Waals surface area contributed by atoms with Gasteiger partial charge in [-0.15, -0.1) is 0 Å². The van der Waals surface area contributed by atoms with Gasteiger partial charge in [0.25, 0.3) is 0 Å². The average molecular weight is 351 g/mol. The second-order valence-electron chi connectivity index (χ2n) is 5.42. The standard InChI is InChI=1S/C17H16Cl2N2O2/c1-11(14-6-5-12(18)8-15(14)19)21(2)10-13-9-17(23-20-13)16-4-3-7-22-16/h3-9,11H,10H2,1-2H3. The highest BCUT2D eigenvalue weighted by Crippen LogP contribution is 2.30. The van der Waals surface area contributed by atoms with Crippen LogP contribution in [0, 0.1) is 0 Å². The molecule has 3 aromatic rings. The van der Waals surface area contributed by atoms with Gasteiger partial charge in [-0.2, -0.15) is 0 Å². The molecule has 0 radical (unpaired) electrons. The summed E-state index contributed by atoms with van der Waals surface area (Å²) in [7, 11) is 2.01. The van der Waals surface area contributed by atoms with Gasteiger partial charge in [-0.05, 0) is 43.8 Å². The number of hydrogen-bond donors (Lipinski definition) is 0. The maximum Gasteiger partial charge on any atom is 0.202 e. The Balaban J connectivity index is 1.72. The molecule has 0 aliphatic rings. The Kier molecular flexibility index (Phi) is 4.76. The van der Waals surface area contributed by atoms with E-state index in [2.05, 4.69) is 17.0 Å². The van der Waals surface area contributed by atoms with Crippen molar-refractivity contribution in [2.45, 2.75) is 19.5 Å². The maximum absolute atomic E-state index is 6.29. The molecule has 0 saturated heterocycles. The fraction of sp³-hybridized carbons (Fsp3) is 0.235. The highest BCUT2D eigenvalue weighted by Gasteiger charge is 2.17. The molecule has 3 rings (SSSR count). The molecular weight excluding hydrogens is 335 g/mol. The summed E-state index contributed by atoms with van der Waals surface area (Å²) in [6.45, 7) is 2.72. The number of aromatic nitrogens is 1. The summed E-state index contributed by atoms with van der Waals surface area (Å²) in [5.41, 5.74) is 1.85. The van der Waals surface area contributed by atoms with Gasteiger partial charge in [0, 0.05) is 28.7 Å². The van der Waals surface area contributed by atoms with Crippen molar-refractivity contribution in [2.24, 2.45) is 0 Å². The fourth-order valence-corrected chi connectivity index (χ4v) is 2.96. The van der Waals surface area contributed by atoms with Gasteiger partial charge in [0.2, 0.25) is 5.76 Å². The SMILES string of the molecule is CC(c1ccc(Cl)cc1Cl)N(C)Cc1cc(-c2ccco2)on1. The molecule has 1 unspecified atom stereocenters. The molecule has 4 nitrogen and oxygen atoms in total. The molecule has 120 valence electrons. The van der Waals surface area contributed by atoms with E-state index in [0.717, 1.165) is 11.3 Å². The third-order valence-corrected chi connectivity index (χ3v) is 4.37. The lowest BCUT2D eigenvalue weighted by molar-refractivity contribution is 0.245. The third-order valence-electron chi connectivity index (χ3n) is 3.81. The highest BCUT2D eigenvalue weighted by molar-refractivity contribution is 6.35. The van der Waals surface area contributed by atoms with Crippen LogP contribution in [0.4, 0.5) is 0 Å². The number of rotatable bonds is 5. The Morgan fingerprint density at radius 2 is 2.00 bits per heavy atom. The summed E-state index contributed by atoms with van der Waals surface area (Å²) < 4.78 is 10.6. The summed E-state index contributed by atoms with van der Waals surface area (Å²) in [4.78, 5) is 2.14. The van der Waals surface area contributed by atoms with Crippen LogP contribution in [0.25, 0.3) is 11.5 Å². The van der Waals surface area contributed by atoms with Crippen LogP contribution in [0.3, 0.4) is 0 Å². The van der Waals surface area contributed by atoms with Crippen molar-refractivity contribution in [2.75, 3.05) is 7.05 Å². The number of benzene rings is 1. The lowest BCUT2D eigenvalue weighted by atomic mass is 10.1. The average Bonchev–Trinajstić information content (AvgIpc) is 3.17. The van der Waals surface area contributed by atoms with Crippen LogP contribution in [0.15, 0.2) is 51.6 Å². The molecule has 0 fully saturated rings. The van der Waals surface area contributed by atoms with Crippen molar-refractivity contribution in [1.82, 2.24) is 10.1 Å². The summed E-state index contributed by atoms with van der Waals surface area (Å²) in [5.74, 6) is 1.29. The Bertz CT molecular complexity index is 784. The molecule has 2 aromatic heterocycles. The topological polar surface area (TPSA) is 42.4 Å². The molecule has 0 N–H and O–H groups in total. The van der Waals surface area contributed by atoms with Crippen molar-refractivity contribution >= 4 is 23.2 Å². The van der Waals surface area contributed by atoms with E-state index in [1.807, 2.05) is 37.4 Å². The van der Waals surface area contributed by atoms with E-state index in [4.69, 9.17) is 32.1 Å². The Morgan fingerprint density at radius 3 is 2.70 bits per heavy atom. The number of furan rings is 1. The van der Waals surface area contributed by atoms with Crippen LogP contribution in [-0.4, -0.2) is 17.1 Å². The summed E-state index contributed by atoms with van der Waals surface area (Å²) >= 11 is 12.2. The van der Waals surface area contributed by atoms with Crippen LogP contribution < -0.4 is 0 Å². The van der Waals surface area contributed by atoms with Gasteiger partial charge in [0.05, 0.1) is 12.0 Å². The number of hydrogen-bond acceptors (Lipinski definition) is 4. The van der Waals surface area contributed by atoms with Crippen LogP contribution in [-0.2, 0) is 6.54 Å². The van der Waals surface area contributed by atoms with Gasteiger partial charge in [0.1, 0.15) is 0 Å². The third kappa shape index (κ3) is 3.61. The summed E-state index contributed by atoms with van der Waals surface area (Å²) in [5, 5.41) is 5.39. The molecule has 23 heavy (non-hydrogen) atoms. The lowest BCUT2D eigenvalue weighted by Crippen LogP contribution is -2.22. The van der Waals surface area contributed by atoms with Crippen molar-refractivity contribution in [3.63, 3.8) is 0 Å². The Labute approximate surface area is 144 Å². The fourth-order valence-electron chi connectivity index (χ4n) is 2.39. The van der Waals surface area contributed by atoms with Crippen LogP contribution >= 0.6 is 23.2 Å². The lowest BCUT2D eigenvalue weighted by Gasteiger charge is -2.24. The van der Waals surface area contributed by atoms with Crippen molar-refractivity contribution in [3.8, 4) is 11.5 Å². The second-order valence-corrected chi connectivity index (χ2v) is 6.26. The first-order valence-electron chi connectivity index (χ1n) is 7.19. The van der Waals surface area contributed by atoms with E-state index in [1.165, 1.54) is 0 Å². The number of halogens is 2. The first-order valence-corrected chi connectivity index (χ1v) is 7.95. The zero-order valence-corrected chi connectivity index (χ0v) is 14.3. The number of nitrogens with zero attached hydrogens (tertiary/aromatic N) is 2. The normalized spacial score (nSPS) is 12.7. The predicted molar refractivity (Wildman–Crippen MR) is 90.5 cm³/mol. The van der Waals surface area contributed by atoms with E-state index in [-0.39, 0.29) is 6.04 Å². The molecule has 0 bridgehead atoms. The molecule has 0 aliphatic carbocycles. The smallest absolute Gasteiger partial charge is 0.202 e. The first kappa shape index (κ1) is 16.1. The van der Waals surface area contributed by atoms with Crippen molar-refractivity contribution < 1.29 is 8.94 Å². The summed E-state index contributed by atoms with van der Waals surface area (Å²) in [6, 6.07) is 11.2. The molecule has 6 heteroatoms. The van der Waals surface area contributed by atoms with Gasteiger partial charge in [-0.1, -0.05) is 34.4 Å². The molecule has 0 saturated carbocycles.